The zero-order chi connectivity index (χ0) is 24.6. The summed E-state index contributed by atoms with van der Waals surface area (Å²) in [7, 11) is 1.81. The Hall–Kier alpha value is -3.36. The molecule has 6 N–H and O–H groups in total. The maximum atomic E-state index is 13.4. The van der Waals surface area contributed by atoms with Gasteiger partial charge in [0.1, 0.15) is 5.82 Å². The number of benzene rings is 1. The summed E-state index contributed by atoms with van der Waals surface area (Å²) < 4.78 is 16.3. The minimum Gasteiger partial charge on any atom is -0.401 e. The molecule has 0 aliphatic heterocycles. The van der Waals surface area contributed by atoms with Crippen LogP contribution in [0.4, 0.5) is 10.1 Å². The molecule has 0 amide bonds. The van der Waals surface area contributed by atoms with Crippen LogP contribution in [0.1, 0.15) is 25.0 Å². The molecule has 0 saturated carbocycles. The molecule has 0 bridgehead atoms. The highest BCUT2D eigenvalue weighted by molar-refractivity contribution is 7.78. The van der Waals surface area contributed by atoms with Gasteiger partial charge in [0.25, 0.3) is 0 Å². The van der Waals surface area contributed by atoms with E-state index >= 15 is 0 Å². The molecule has 8 heteroatoms. The van der Waals surface area contributed by atoms with Crippen LogP contribution >= 0.6 is 12.8 Å². The third-order valence-corrected chi connectivity index (χ3v) is 6.19. The molecule has 2 aromatic rings. The Kier molecular flexibility index (Phi) is 8.67. The van der Waals surface area contributed by atoms with Gasteiger partial charge in [-0.05, 0) is 66.5 Å². The molecule has 1 aliphatic carbocycles. The summed E-state index contributed by atoms with van der Waals surface area (Å²) in [5.74, 6) is -0.302. The largest absolute Gasteiger partial charge is 0.401 e. The first-order chi connectivity index (χ1) is 16.4. The van der Waals surface area contributed by atoms with Gasteiger partial charge >= 0.3 is 0 Å². The molecule has 0 saturated heterocycles. The van der Waals surface area contributed by atoms with Gasteiger partial charge in [-0.15, -0.1) is 0 Å². The van der Waals surface area contributed by atoms with Gasteiger partial charge in [0, 0.05) is 61.1 Å². The predicted octanol–water partition coefficient (Wildman–Crippen LogP) is 4.80. The highest BCUT2D eigenvalue weighted by Crippen LogP contribution is 2.52. The molecule has 1 atom stereocenters. The van der Waals surface area contributed by atoms with E-state index in [1.54, 1.807) is 24.5 Å². The smallest absolute Gasteiger partial charge is 0.123 e. The van der Waals surface area contributed by atoms with Crippen molar-refractivity contribution in [3.63, 3.8) is 0 Å². The summed E-state index contributed by atoms with van der Waals surface area (Å²) in [6.07, 6.45) is 8.63. The van der Waals surface area contributed by atoms with Crippen LogP contribution in [0.5, 0.6) is 0 Å². The van der Waals surface area contributed by atoms with Crippen LogP contribution in [0, 0.1) is 16.6 Å². The molecule has 3 rings (SSSR count). The number of nitrogens with two attached hydrogens (primary N) is 1. The van der Waals surface area contributed by atoms with Crippen molar-refractivity contribution < 1.29 is 4.39 Å². The highest BCUT2D eigenvalue weighted by Gasteiger charge is 2.41. The van der Waals surface area contributed by atoms with E-state index in [1.807, 2.05) is 25.2 Å². The lowest BCUT2D eigenvalue weighted by Crippen LogP contribution is -2.33. The summed E-state index contributed by atoms with van der Waals surface area (Å²) in [5.41, 5.74) is 11.5. The van der Waals surface area contributed by atoms with Gasteiger partial charge in [0.15, 0.2) is 0 Å². The van der Waals surface area contributed by atoms with Crippen LogP contribution in [-0.4, -0.2) is 24.8 Å². The van der Waals surface area contributed by atoms with Crippen molar-refractivity contribution >= 4 is 30.3 Å². The number of pyridine rings is 1. The fourth-order valence-corrected chi connectivity index (χ4v) is 4.44. The minimum atomic E-state index is -0.586. The predicted molar refractivity (Wildman–Crippen MR) is 142 cm³/mol. The van der Waals surface area contributed by atoms with E-state index in [-0.39, 0.29) is 5.82 Å². The molecule has 1 unspecified atom stereocenters. The summed E-state index contributed by atoms with van der Waals surface area (Å²) in [4.78, 5) is 4.56. The zero-order valence-corrected chi connectivity index (χ0v) is 20.1. The number of aromatic nitrogens is 1. The SMILES string of the molecule is C=C(c1ccccn1)C1(C/C(N)=C/NC)CC(C=N)=C(Nc2ccc(F)cc2)C=C1CCNS. The third kappa shape index (κ3) is 5.76. The fraction of sp³-hybridized carbons (Fsp3) is 0.231. The van der Waals surface area contributed by atoms with E-state index in [2.05, 4.69) is 45.8 Å². The van der Waals surface area contributed by atoms with E-state index in [0.29, 0.717) is 31.5 Å². The minimum absolute atomic E-state index is 0.302. The zero-order valence-electron chi connectivity index (χ0n) is 19.2. The standard InChI is InChI=1S/C26H31FN6S/c1-18(24-5-3-4-11-31-24)26(15-22(29)17-30-2)14-19(16-28)25(13-20(26)10-12-32-34)33-23-8-6-21(27)7-9-23/h3-9,11,13,16-17,28,30,32-34H,1,10,12,14-15,29H2,2H3/b22-17-,28-16?. The molecule has 0 radical (unpaired) electrons. The molecule has 1 aliphatic rings. The lowest BCUT2D eigenvalue weighted by atomic mass is 9.63. The van der Waals surface area contributed by atoms with Gasteiger partial charge in [0.2, 0.25) is 0 Å². The first kappa shape index (κ1) is 25.3. The van der Waals surface area contributed by atoms with Crippen molar-refractivity contribution in [2.75, 3.05) is 18.9 Å². The van der Waals surface area contributed by atoms with E-state index in [9.17, 15) is 4.39 Å². The summed E-state index contributed by atoms with van der Waals surface area (Å²) in [6.45, 7) is 5.10. The van der Waals surface area contributed by atoms with Gasteiger partial charge in [-0.25, -0.2) is 4.39 Å². The van der Waals surface area contributed by atoms with Crippen LogP contribution < -0.4 is 21.1 Å². The number of nitrogens with one attached hydrogen (secondary N) is 4. The number of hydrogen-bond acceptors (Lipinski definition) is 7. The number of rotatable bonds is 11. The van der Waals surface area contributed by atoms with Crippen LogP contribution in [0.15, 0.2) is 90.1 Å². The Balaban J connectivity index is 2.13. The normalized spacial score (nSPS) is 18.3. The first-order valence-corrected chi connectivity index (χ1v) is 11.4. The van der Waals surface area contributed by atoms with Gasteiger partial charge in [-0.3, -0.25) is 9.71 Å². The highest BCUT2D eigenvalue weighted by atomic mass is 32.1. The van der Waals surface area contributed by atoms with Crippen molar-refractivity contribution in [1.29, 1.82) is 5.41 Å². The van der Waals surface area contributed by atoms with E-state index in [1.165, 1.54) is 18.3 Å². The molecular formula is C26H31FN6S. The molecule has 178 valence electrons. The van der Waals surface area contributed by atoms with Crippen molar-refractivity contribution in [2.24, 2.45) is 11.1 Å². The van der Waals surface area contributed by atoms with Gasteiger partial charge in [-0.1, -0.05) is 31.0 Å². The molecule has 34 heavy (non-hydrogen) atoms. The topological polar surface area (TPSA) is 98.8 Å². The lowest BCUT2D eigenvalue weighted by Gasteiger charge is -2.42. The summed E-state index contributed by atoms with van der Waals surface area (Å²) in [6, 6.07) is 11.9. The molecule has 0 spiro atoms. The Morgan fingerprint density at radius 2 is 2.06 bits per heavy atom. The molecule has 1 aromatic heterocycles. The van der Waals surface area contributed by atoms with Gasteiger partial charge < -0.3 is 21.8 Å². The summed E-state index contributed by atoms with van der Waals surface area (Å²) >= 11 is 4.19. The number of anilines is 1. The number of allylic oxidation sites excluding steroid dienone is 4. The van der Waals surface area contributed by atoms with Gasteiger partial charge in [0.05, 0.1) is 5.69 Å². The van der Waals surface area contributed by atoms with E-state index in [4.69, 9.17) is 11.1 Å². The quantitative estimate of drug-likeness (QED) is 0.206. The second-order valence-corrected chi connectivity index (χ2v) is 8.50. The average molecular weight is 479 g/mol. The van der Waals surface area contributed by atoms with Crippen LogP contribution in [0.2, 0.25) is 0 Å². The first-order valence-electron chi connectivity index (χ1n) is 11.0. The Labute approximate surface area is 206 Å². The van der Waals surface area contributed by atoms with Crippen molar-refractivity contribution in [1.82, 2.24) is 15.0 Å². The Morgan fingerprint density at radius 3 is 2.68 bits per heavy atom. The fourth-order valence-electron chi connectivity index (χ4n) is 4.33. The maximum absolute atomic E-state index is 13.4. The Morgan fingerprint density at radius 1 is 1.29 bits per heavy atom. The van der Waals surface area contributed by atoms with Crippen molar-refractivity contribution in [3.8, 4) is 0 Å². The maximum Gasteiger partial charge on any atom is 0.123 e. The molecule has 6 nitrogen and oxygen atoms in total. The molecular weight excluding hydrogens is 447 g/mol. The summed E-state index contributed by atoms with van der Waals surface area (Å²) in [5, 5.41) is 14.5. The van der Waals surface area contributed by atoms with Gasteiger partial charge in [-0.2, -0.15) is 0 Å². The van der Waals surface area contributed by atoms with Crippen LogP contribution in [0.25, 0.3) is 5.57 Å². The number of halogens is 1. The average Bonchev–Trinajstić information content (AvgIpc) is 2.85. The van der Waals surface area contributed by atoms with Crippen LogP contribution in [-0.2, 0) is 0 Å². The molecule has 1 heterocycles. The Bertz CT molecular complexity index is 1110. The van der Waals surface area contributed by atoms with Crippen molar-refractivity contribution in [2.45, 2.75) is 19.3 Å². The number of hydrogen-bond donors (Lipinski definition) is 6. The monoisotopic (exact) mass is 478 g/mol. The number of nitrogens with zero attached hydrogens (tertiary/aromatic N) is 1. The molecule has 1 aromatic carbocycles. The van der Waals surface area contributed by atoms with Crippen molar-refractivity contribution in [3.05, 3.63) is 102 Å². The van der Waals surface area contributed by atoms with Crippen LogP contribution in [0.3, 0.4) is 0 Å². The van der Waals surface area contributed by atoms with E-state index in [0.717, 1.165) is 33.8 Å². The van der Waals surface area contributed by atoms with E-state index < -0.39 is 5.41 Å². The second-order valence-electron chi connectivity index (χ2n) is 8.18. The third-order valence-electron chi connectivity index (χ3n) is 5.96. The lowest BCUT2D eigenvalue weighted by molar-refractivity contribution is 0.446. The second kappa shape index (κ2) is 11.7. The number of thiol groups is 1. The molecule has 0 fully saturated rings.